The zero-order chi connectivity index (χ0) is 36.4. The van der Waals surface area contributed by atoms with E-state index in [0.29, 0.717) is 19.3 Å². The highest BCUT2D eigenvalue weighted by Crippen LogP contribution is 2.14. The fourth-order valence-corrected chi connectivity index (χ4v) is 5.97. The van der Waals surface area contributed by atoms with Crippen LogP contribution in [-0.4, -0.2) is 80.6 Å². The molecular formula is C41H78NO7+. The first-order valence-corrected chi connectivity index (χ1v) is 20.2. The minimum Gasteiger partial charge on any atom is -0.477 e. The fraction of sp³-hybridized carbons (Fsp3) is 0.878. The summed E-state index contributed by atoms with van der Waals surface area (Å²) < 4.78 is 17.1. The lowest BCUT2D eigenvalue weighted by Crippen LogP contribution is -2.50. The average molecular weight is 697 g/mol. The summed E-state index contributed by atoms with van der Waals surface area (Å²) in [6, 6.07) is -0.609. The number of allylic oxidation sites excluding steroid dienone is 2. The molecule has 8 heteroatoms. The normalized spacial score (nSPS) is 13.1. The summed E-state index contributed by atoms with van der Waals surface area (Å²) in [6.45, 7) is 4.69. The van der Waals surface area contributed by atoms with Crippen LogP contribution < -0.4 is 0 Å². The smallest absolute Gasteiger partial charge is 0.362 e. The lowest BCUT2D eigenvalue weighted by Gasteiger charge is -2.31. The third-order valence-corrected chi connectivity index (χ3v) is 9.16. The second-order valence-electron chi connectivity index (χ2n) is 14.9. The van der Waals surface area contributed by atoms with Crippen LogP contribution in [0.3, 0.4) is 0 Å². The van der Waals surface area contributed by atoms with Gasteiger partial charge in [0.15, 0.2) is 12.1 Å². The maximum absolute atomic E-state index is 12.5. The molecule has 0 aliphatic rings. The number of quaternary nitrogens is 1. The van der Waals surface area contributed by atoms with E-state index in [1.165, 1.54) is 103 Å². The van der Waals surface area contributed by atoms with E-state index in [9.17, 15) is 19.5 Å². The standard InChI is InChI=1S/C41H77NO7/c1-6-8-10-12-14-15-16-17-18-19-20-21-22-23-24-26-27-29-31-39(43)48-36-37(35-47-34-33-38(41(45)46)42(3,4)5)49-40(44)32-30-28-25-13-11-9-7-2/h20-21,37-38H,6-19,22-36H2,1-5H3/p+1/b21-20+. The summed E-state index contributed by atoms with van der Waals surface area (Å²) in [6.07, 6.45) is 32.7. The molecule has 0 spiro atoms. The van der Waals surface area contributed by atoms with Crippen molar-refractivity contribution < 1.29 is 38.2 Å². The van der Waals surface area contributed by atoms with Crippen LogP contribution in [-0.2, 0) is 28.6 Å². The summed E-state index contributed by atoms with van der Waals surface area (Å²) in [7, 11) is 5.51. The van der Waals surface area contributed by atoms with Crippen molar-refractivity contribution in [2.75, 3.05) is 41.0 Å². The monoisotopic (exact) mass is 697 g/mol. The quantitative estimate of drug-likeness (QED) is 0.0301. The second-order valence-corrected chi connectivity index (χ2v) is 14.9. The minimum absolute atomic E-state index is 0.0509. The Morgan fingerprint density at radius 3 is 1.47 bits per heavy atom. The highest BCUT2D eigenvalue weighted by Gasteiger charge is 2.31. The lowest BCUT2D eigenvalue weighted by atomic mass is 10.1. The Morgan fingerprint density at radius 2 is 1.02 bits per heavy atom. The Bertz CT molecular complexity index is 823. The Balaban J connectivity index is 4.24. The number of likely N-dealkylation sites (N-methyl/N-ethyl adjacent to an activating group) is 1. The van der Waals surface area contributed by atoms with E-state index in [1.807, 2.05) is 21.1 Å². The van der Waals surface area contributed by atoms with Gasteiger partial charge in [0.2, 0.25) is 0 Å². The van der Waals surface area contributed by atoms with Gasteiger partial charge in [-0.3, -0.25) is 9.59 Å². The highest BCUT2D eigenvalue weighted by atomic mass is 16.6. The molecule has 0 aromatic rings. The molecule has 8 nitrogen and oxygen atoms in total. The molecule has 2 unspecified atom stereocenters. The fourth-order valence-electron chi connectivity index (χ4n) is 5.97. The number of carbonyl (C=O) groups excluding carboxylic acids is 2. The van der Waals surface area contributed by atoms with Gasteiger partial charge in [-0.25, -0.2) is 4.79 Å². The maximum atomic E-state index is 12.5. The van der Waals surface area contributed by atoms with Gasteiger partial charge < -0.3 is 23.8 Å². The van der Waals surface area contributed by atoms with Crippen molar-refractivity contribution in [3.05, 3.63) is 12.2 Å². The number of hydrogen-bond acceptors (Lipinski definition) is 6. The molecule has 0 aliphatic carbocycles. The van der Waals surface area contributed by atoms with E-state index >= 15 is 0 Å². The topological polar surface area (TPSA) is 99.1 Å². The largest absolute Gasteiger partial charge is 0.477 e. The van der Waals surface area contributed by atoms with Crippen molar-refractivity contribution in [1.82, 2.24) is 0 Å². The van der Waals surface area contributed by atoms with Crippen molar-refractivity contribution in [2.24, 2.45) is 0 Å². The molecule has 0 saturated carbocycles. The molecule has 0 heterocycles. The predicted octanol–water partition coefficient (Wildman–Crippen LogP) is 10.4. The molecule has 1 N–H and O–H groups in total. The van der Waals surface area contributed by atoms with Gasteiger partial charge in [0.1, 0.15) is 6.61 Å². The predicted molar refractivity (Wildman–Crippen MR) is 202 cm³/mol. The molecule has 0 rings (SSSR count). The van der Waals surface area contributed by atoms with E-state index < -0.39 is 18.1 Å². The number of esters is 2. The lowest BCUT2D eigenvalue weighted by molar-refractivity contribution is -0.887. The van der Waals surface area contributed by atoms with Crippen LogP contribution in [0.25, 0.3) is 0 Å². The zero-order valence-corrected chi connectivity index (χ0v) is 32.7. The van der Waals surface area contributed by atoms with E-state index in [1.54, 1.807) is 0 Å². The SMILES string of the molecule is CCCCCCCCCCC/C=C/CCCCCCCC(=O)OCC(COCCC(C(=O)O)[N+](C)(C)C)OC(=O)CCCCCCCCC. The Kier molecular flexibility index (Phi) is 31.9. The number of aliphatic carboxylic acids is 1. The summed E-state index contributed by atoms with van der Waals surface area (Å²) in [5.41, 5.74) is 0. The number of nitrogens with zero attached hydrogens (tertiary/aromatic N) is 1. The summed E-state index contributed by atoms with van der Waals surface area (Å²) >= 11 is 0. The van der Waals surface area contributed by atoms with Gasteiger partial charge in [-0.2, -0.15) is 0 Å². The van der Waals surface area contributed by atoms with E-state index in [0.717, 1.165) is 44.9 Å². The first kappa shape index (κ1) is 47.1. The molecule has 288 valence electrons. The Morgan fingerprint density at radius 1 is 0.592 bits per heavy atom. The van der Waals surface area contributed by atoms with Gasteiger partial charge in [0, 0.05) is 19.3 Å². The van der Waals surface area contributed by atoms with Crippen molar-refractivity contribution in [3.8, 4) is 0 Å². The van der Waals surface area contributed by atoms with Crippen molar-refractivity contribution in [2.45, 2.75) is 193 Å². The maximum Gasteiger partial charge on any atom is 0.362 e. The second kappa shape index (κ2) is 33.2. The molecule has 0 radical (unpaired) electrons. The molecule has 0 bridgehead atoms. The summed E-state index contributed by atoms with van der Waals surface area (Å²) in [5, 5.41) is 9.56. The van der Waals surface area contributed by atoms with Crippen molar-refractivity contribution in [3.63, 3.8) is 0 Å². The third kappa shape index (κ3) is 31.8. The minimum atomic E-state index is -0.876. The van der Waals surface area contributed by atoms with Crippen LogP contribution in [0.4, 0.5) is 0 Å². The molecule has 49 heavy (non-hydrogen) atoms. The van der Waals surface area contributed by atoms with Crippen LogP contribution in [0, 0.1) is 0 Å². The molecule has 0 saturated heterocycles. The number of carbonyl (C=O) groups is 3. The summed E-state index contributed by atoms with van der Waals surface area (Å²) in [5.74, 6) is -1.48. The molecule has 0 aliphatic heterocycles. The van der Waals surface area contributed by atoms with Crippen LogP contribution in [0.15, 0.2) is 12.2 Å². The number of carboxylic acids is 1. The highest BCUT2D eigenvalue weighted by molar-refractivity contribution is 5.72. The van der Waals surface area contributed by atoms with Crippen molar-refractivity contribution >= 4 is 17.9 Å². The van der Waals surface area contributed by atoms with Gasteiger partial charge in [-0.05, 0) is 38.5 Å². The number of carboxylic acid groups (broad SMARTS) is 1. The third-order valence-electron chi connectivity index (χ3n) is 9.16. The average Bonchev–Trinajstić information content (AvgIpc) is 3.05. The first-order valence-electron chi connectivity index (χ1n) is 20.2. The van der Waals surface area contributed by atoms with Crippen molar-refractivity contribution in [1.29, 1.82) is 0 Å². The molecule has 0 amide bonds. The number of hydrogen-bond donors (Lipinski definition) is 1. The van der Waals surface area contributed by atoms with Crippen LogP contribution in [0.2, 0.25) is 0 Å². The molecular weight excluding hydrogens is 618 g/mol. The molecule has 0 fully saturated rings. The van der Waals surface area contributed by atoms with E-state index in [2.05, 4.69) is 26.0 Å². The van der Waals surface area contributed by atoms with Gasteiger partial charge in [-0.1, -0.05) is 135 Å². The molecule has 0 aromatic heterocycles. The number of ether oxygens (including phenoxy) is 3. The zero-order valence-electron chi connectivity index (χ0n) is 32.7. The van der Waals surface area contributed by atoms with Crippen LogP contribution in [0.5, 0.6) is 0 Å². The van der Waals surface area contributed by atoms with E-state index in [4.69, 9.17) is 14.2 Å². The van der Waals surface area contributed by atoms with Crippen LogP contribution in [0.1, 0.15) is 181 Å². The first-order chi connectivity index (χ1) is 23.6. The van der Waals surface area contributed by atoms with Crippen LogP contribution >= 0.6 is 0 Å². The Hall–Kier alpha value is -1.93. The Labute approximate surface area is 301 Å². The molecule has 0 aromatic carbocycles. The summed E-state index contributed by atoms with van der Waals surface area (Å²) in [4.78, 5) is 36.7. The number of unbranched alkanes of at least 4 members (excludes halogenated alkanes) is 20. The van der Waals surface area contributed by atoms with Gasteiger partial charge in [0.25, 0.3) is 0 Å². The van der Waals surface area contributed by atoms with E-state index in [-0.39, 0.29) is 36.2 Å². The van der Waals surface area contributed by atoms with Gasteiger partial charge in [-0.15, -0.1) is 0 Å². The number of rotatable bonds is 36. The van der Waals surface area contributed by atoms with Gasteiger partial charge >= 0.3 is 17.9 Å². The molecule has 2 atom stereocenters. The van der Waals surface area contributed by atoms with Gasteiger partial charge in [0.05, 0.1) is 34.4 Å².